The van der Waals surface area contributed by atoms with Gasteiger partial charge in [-0.05, 0) is 63.8 Å². The first-order valence-electron chi connectivity index (χ1n) is 9.09. The third kappa shape index (κ3) is 6.28. The summed E-state index contributed by atoms with van der Waals surface area (Å²) >= 11 is 9.37. The first-order chi connectivity index (χ1) is 13.6. The number of carbonyl (C=O) groups excluding carboxylic acids is 1. The highest BCUT2D eigenvalue weighted by molar-refractivity contribution is 9.10. The Morgan fingerprint density at radius 2 is 1.62 bits per heavy atom. The van der Waals surface area contributed by atoms with Crippen LogP contribution in [-0.2, 0) is 6.54 Å². The van der Waals surface area contributed by atoms with Crippen LogP contribution >= 0.6 is 39.9 Å². The van der Waals surface area contributed by atoms with Gasteiger partial charge in [0.15, 0.2) is 5.78 Å². The van der Waals surface area contributed by atoms with Gasteiger partial charge in [0, 0.05) is 27.2 Å². The van der Waals surface area contributed by atoms with Crippen LogP contribution in [-0.4, -0.2) is 12.3 Å². The molecule has 0 aromatic heterocycles. The number of rotatable bonds is 8. The topological polar surface area (TPSA) is 29.1 Å². The van der Waals surface area contributed by atoms with E-state index in [0.29, 0.717) is 20.6 Å². The van der Waals surface area contributed by atoms with Gasteiger partial charge >= 0.3 is 0 Å². The van der Waals surface area contributed by atoms with Crippen molar-refractivity contribution in [3.05, 3.63) is 106 Å². The molecule has 0 saturated carbocycles. The number of ketones is 1. The molecule has 0 bridgehead atoms. The van der Waals surface area contributed by atoms with Gasteiger partial charge in [0.1, 0.15) is 0 Å². The van der Waals surface area contributed by atoms with Crippen molar-refractivity contribution in [3.63, 3.8) is 0 Å². The van der Waals surface area contributed by atoms with Gasteiger partial charge < -0.3 is 5.32 Å². The lowest BCUT2D eigenvalue weighted by atomic mass is 9.99. The summed E-state index contributed by atoms with van der Waals surface area (Å²) < 4.78 is 0.700. The first kappa shape index (κ1) is 23.4. The molecule has 0 aliphatic carbocycles. The molecule has 150 valence electrons. The Kier molecular flexibility index (Phi) is 9.12. The zero-order valence-electron chi connectivity index (χ0n) is 15.8. The number of hydrogen-bond donors (Lipinski definition) is 1. The van der Waals surface area contributed by atoms with E-state index in [4.69, 9.17) is 11.6 Å². The summed E-state index contributed by atoms with van der Waals surface area (Å²) in [7, 11) is 0. The Morgan fingerprint density at radius 1 is 1.00 bits per heavy atom. The fourth-order valence-electron chi connectivity index (χ4n) is 2.90. The van der Waals surface area contributed by atoms with Crippen LogP contribution in [0.25, 0.3) is 11.1 Å². The molecule has 29 heavy (non-hydrogen) atoms. The molecule has 5 heteroatoms. The molecule has 2 nitrogen and oxygen atoms in total. The van der Waals surface area contributed by atoms with E-state index in [1.807, 2.05) is 30.3 Å². The molecule has 0 radical (unpaired) electrons. The highest BCUT2D eigenvalue weighted by Gasteiger charge is 2.13. The summed E-state index contributed by atoms with van der Waals surface area (Å²) in [4.78, 5) is 12.7. The van der Waals surface area contributed by atoms with Gasteiger partial charge in [-0.2, -0.15) is 0 Å². The van der Waals surface area contributed by atoms with Gasteiger partial charge in [0.2, 0.25) is 0 Å². The zero-order valence-corrected chi connectivity index (χ0v) is 19.0. The van der Waals surface area contributed by atoms with E-state index in [-0.39, 0.29) is 18.2 Å². The van der Waals surface area contributed by atoms with E-state index < -0.39 is 0 Å². The Balaban J connectivity index is 0.00000300. The quantitative estimate of drug-likeness (QED) is 0.207. The van der Waals surface area contributed by atoms with Gasteiger partial charge in [0.05, 0.1) is 0 Å². The second-order valence-corrected chi connectivity index (χ2v) is 7.77. The van der Waals surface area contributed by atoms with Crippen LogP contribution in [0.4, 0.5) is 0 Å². The van der Waals surface area contributed by atoms with Gasteiger partial charge in [-0.1, -0.05) is 66.2 Å². The summed E-state index contributed by atoms with van der Waals surface area (Å²) in [6, 6.07) is 21.4. The third-order valence-corrected chi connectivity index (χ3v) is 5.36. The average molecular weight is 491 g/mol. The lowest BCUT2D eigenvalue weighted by molar-refractivity contribution is 0.103. The van der Waals surface area contributed by atoms with E-state index >= 15 is 0 Å². The molecule has 0 aliphatic rings. The highest BCUT2D eigenvalue weighted by Crippen LogP contribution is 2.26. The number of benzene rings is 3. The highest BCUT2D eigenvalue weighted by atomic mass is 79.9. The summed E-state index contributed by atoms with van der Waals surface area (Å²) in [5.41, 5.74) is 4.70. The molecule has 0 atom stereocenters. The second kappa shape index (κ2) is 11.3. The van der Waals surface area contributed by atoms with Crippen molar-refractivity contribution in [1.29, 1.82) is 0 Å². The standard InChI is InChI=1S/C24H21BrClNO.ClH/c1-2-3-14-27-16-17-4-6-18(7-5-17)19-8-10-20(11-9-19)24(28)22-13-12-21(26)15-23(22)25;/h2,4-13,15,27H,1,3,14,16H2;1H. The van der Waals surface area contributed by atoms with E-state index in [1.54, 1.807) is 18.2 Å². The van der Waals surface area contributed by atoms with Crippen LogP contribution in [0.1, 0.15) is 27.9 Å². The molecule has 0 amide bonds. The minimum absolute atomic E-state index is 0. The van der Waals surface area contributed by atoms with Crippen LogP contribution in [0.2, 0.25) is 5.02 Å². The van der Waals surface area contributed by atoms with Crippen molar-refractivity contribution in [2.45, 2.75) is 13.0 Å². The summed E-state index contributed by atoms with van der Waals surface area (Å²) in [6.45, 7) is 5.50. The molecule has 3 rings (SSSR count). The first-order valence-corrected chi connectivity index (χ1v) is 10.3. The number of carbonyl (C=O) groups is 1. The van der Waals surface area contributed by atoms with Crippen molar-refractivity contribution in [1.82, 2.24) is 5.32 Å². The summed E-state index contributed by atoms with van der Waals surface area (Å²) in [5, 5.41) is 3.98. The molecule has 0 unspecified atom stereocenters. The summed E-state index contributed by atoms with van der Waals surface area (Å²) in [5.74, 6) is -0.0314. The van der Waals surface area contributed by atoms with Gasteiger partial charge in [-0.25, -0.2) is 0 Å². The molecule has 0 fully saturated rings. The maximum atomic E-state index is 12.7. The Labute approximate surface area is 191 Å². The van der Waals surface area contributed by atoms with Crippen LogP contribution in [0.3, 0.4) is 0 Å². The normalized spacial score (nSPS) is 10.3. The van der Waals surface area contributed by atoms with E-state index in [9.17, 15) is 4.79 Å². The maximum Gasteiger partial charge on any atom is 0.194 e. The van der Waals surface area contributed by atoms with Gasteiger partial charge in [0.25, 0.3) is 0 Å². The smallest absolute Gasteiger partial charge is 0.194 e. The Bertz CT molecular complexity index is 969. The largest absolute Gasteiger partial charge is 0.312 e. The lowest BCUT2D eigenvalue weighted by Gasteiger charge is -2.08. The molecule has 0 saturated heterocycles. The molecular weight excluding hydrogens is 469 g/mol. The zero-order chi connectivity index (χ0) is 19.9. The number of hydrogen-bond acceptors (Lipinski definition) is 2. The Morgan fingerprint density at radius 3 is 2.21 bits per heavy atom. The second-order valence-electron chi connectivity index (χ2n) is 6.48. The molecule has 3 aromatic rings. The predicted molar refractivity (Wildman–Crippen MR) is 128 cm³/mol. The van der Waals surface area contributed by atoms with Crippen molar-refractivity contribution in [2.75, 3.05) is 6.54 Å². The minimum Gasteiger partial charge on any atom is -0.312 e. The number of halogens is 3. The Hall–Kier alpha value is -1.91. The number of nitrogens with one attached hydrogen (secondary N) is 1. The molecule has 3 aromatic carbocycles. The summed E-state index contributed by atoms with van der Waals surface area (Å²) in [6.07, 6.45) is 2.88. The maximum absolute atomic E-state index is 12.7. The lowest BCUT2D eigenvalue weighted by Crippen LogP contribution is -2.13. The van der Waals surface area contributed by atoms with E-state index in [2.05, 4.69) is 52.1 Å². The fraction of sp³-hybridized carbons (Fsp3) is 0.125. The van der Waals surface area contributed by atoms with E-state index in [1.165, 1.54) is 5.56 Å². The molecule has 0 heterocycles. The minimum atomic E-state index is -0.0314. The SMILES string of the molecule is C=CCCNCc1ccc(-c2ccc(C(=O)c3ccc(Cl)cc3Br)cc2)cc1.Cl. The third-order valence-electron chi connectivity index (χ3n) is 4.46. The molecule has 1 N–H and O–H groups in total. The predicted octanol–water partition coefficient (Wildman–Crippen LogP) is 7.09. The van der Waals surface area contributed by atoms with Gasteiger partial charge in [-0.3, -0.25) is 4.79 Å². The van der Waals surface area contributed by atoms with Crippen LogP contribution in [0, 0.1) is 0 Å². The van der Waals surface area contributed by atoms with Crippen molar-refractivity contribution in [2.24, 2.45) is 0 Å². The molecule has 0 aliphatic heterocycles. The molecular formula is C24H22BrCl2NO. The van der Waals surface area contributed by atoms with Crippen LogP contribution in [0.5, 0.6) is 0 Å². The van der Waals surface area contributed by atoms with Crippen molar-refractivity contribution >= 4 is 45.7 Å². The van der Waals surface area contributed by atoms with Crippen LogP contribution < -0.4 is 5.32 Å². The van der Waals surface area contributed by atoms with Crippen LogP contribution in [0.15, 0.2) is 83.9 Å². The average Bonchev–Trinajstić information content (AvgIpc) is 2.71. The van der Waals surface area contributed by atoms with Crippen molar-refractivity contribution in [3.8, 4) is 11.1 Å². The fourth-order valence-corrected chi connectivity index (χ4v) is 3.76. The van der Waals surface area contributed by atoms with Gasteiger partial charge in [-0.15, -0.1) is 19.0 Å². The monoisotopic (exact) mass is 489 g/mol. The molecule has 0 spiro atoms. The van der Waals surface area contributed by atoms with E-state index in [0.717, 1.165) is 30.6 Å². The van der Waals surface area contributed by atoms with Crippen molar-refractivity contribution < 1.29 is 4.79 Å².